The minimum atomic E-state index is 0.190. The first-order valence-corrected chi connectivity index (χ1v) is 2.94. The van der Waals surface area contributed by atoms with Crippen molar-refractivity contribution in [2.75, 3.05) is 6.67 Å². The molecular weight excluding hydrogens is 114 g/mol. The molecule has 9 heavy (non-hydrogen) atoms. The Morgan fingerprint density at radius 2 is 2.44 bits per heavy atom. The van der Waals surface area contributed by atoms with Gasteiger partial charge in [-0.2, -0.15) is 10.2 Å². The van der Waals surface area contributed by atoms with Crippen LogP contribution >= 0.6 is 0 Å². The highest BCUT2D eigenvalue weighted by Gasteiger charge is 2.16. The summed E-state index contributed by atoms with van der Waals surface area (Å²) in [6, 6.07) is 0. The topological polar surface area (TPSA) is 28.0 Å². The zero-order valence-electron chi connectivity index (χ0n) is 4.94. The minimum absolute atomic E-state index is 0.190. The maximum absolute atomic E-state index is 3.97. The summed E-state index contributed by atoms with van der Waals surface area (Å²) in [4.78, 5) is 2.07. The molecule has 0 aromatic heterocycles. The van der Waals surface area contributed by atoms with Crippen LogP contribution in [0.3, 0.4) is 0 Å². The molecule has 0 radical (unpaired) electrons. The van der Waals surface area contributed by atoms with E-state index in [0.717, 1.165) is 0 Å². The molecule has 1 atom stereocenters. The van der Waals surface area contributed by atoms with Crippen molar-refractivity contribution < 1.29 is 0 Å². The predicted molar refractivity (Wildman–Crippen MR) is 33.6 cm³/mol. The average Bonchev–Trinajstić information content (AvgIpc) is 2.33. The number of rotatable bonds is 0. The largest absolute Gasteiger partial charge is 0.330 e. The molecule has 2 heterocycles. The minimum Gasteiger partial charge on any atom is -0.330 e. The van der Waals surface area contributed by atoms with Gasteiger partial charge in [-0.3, -0.25) is 0 Å². The van der Waals surface area contributed by atoms with Gasteiger partial charge < -0.3 is 4.90 Å². The summed E-state index contributed by atoms with van der Waals surface area (Å²) in [7, 11) is 0. The summed E-state index contributed by atoms with van der Waals surface area (Å²) in [5.74, 6) is 0. The molecule has 0 spiro atoms. The summed E-state index contributed by atoms with van der Waals surface area (Å²) in [6.45, 7) is 0.714. The van der Waals surface area contributed by atoms with E-state index in [4.69, 9.17) is 0 Å². The second-order valence-electron chi connectivity index (χ2n) is 2.05. The van der Waals surface area contributed by atoms with E-state index in [1.165, 1.54) is 0 Å². The average molecular weight is 121 g/mol. The Balaban J connectivity index is 2.25. The molecule has 0 N–H and O–H groups in total. The SMILES string of the molecule is C1=CC2N=NCN2C=C1. The molecule has 0 fully saturated rings. The quantitative estimate of drug-likeness (QED) is 0.472. The van der Waals surface area contributed by atoms with E-state index in [-0.39, 0.29) is 6.17 Å². The van der Waals surface area contributed by atoms with E-state index in [1.807, 2.05) is 24.4 Å². The maximum atomic E-state index is 3.97. The molecule has 0 bridgehead atoms. The molecule has 3 nitrogen and oxygen atoms in total. The fraction of sp³-hybridized carbons (Fsp3) is 0.333. The molecule has 0 amide bonds. The number of fused-ring (bicyclic) bond motifs is 1. The van der Waals surface area contributed by atoms with Crippen molar-refractivity contribution in [2.45, 2.75) is 6.17 Å². The smallest absolute Gasteiger partial charge is 0.162 e. The summed E-state index contributed by atoms with van der Waals surface area (Å²) in [5.41, 5.74) is 0. The van der Waals surface area contributed by atoms with Gasteiger partial charge in [-0.15, -0.1) is 0 Å². The van der Waals surface area contributed by atoms with Gasteiger partial charge in [0.2, 0.25) is 0 Å². The van der Waals surface area contributed by atoms with Gasteiger partial charge in [0.25, 0.3) is 0 Å². The Bertz CT molecular complexity index is 192. The van der Waals surface area contributed by atoms with E-state index < -0.39 is 0 Å². The standard InChI is InChI=1S/C6H7N3/c1-2-4-9-5-7-8-6(9)3-1/h1-4,6H,5H2. The van der Waals surface area contributed by atoms with Crippen molar-refractivity contribution in [1.29, 1.82) is 0 Å². The van der Waals surface area contributed by atoms with E-state index in [9.17, 15) is 0 Å². The highest BCUT2D eigenvalue weighted by Crippen LogP contribution is 2.14. The fourth-order valence-electron chi connectivity index (χ4n) is 0.951. The Labute approximate surface area is 53.4 Å². The Morgan fingerprint density at radius 3 is 3.33 bits per heavy atom. The first-order valence-electron chi connectivity index (χ1n) is 2.94. The lowest BCUT2D eigenvalue weighted by Gasteiger charge is -2.17. The van der Waals surface area contributed by atoms with Crippen LogP contribution in [0.5, 0.6) is 0 Å². The van der Waals surface area contributed by atoms with Crippen LogP contribution in [0.15, 0.2) is 34.7 Å². The van der Waals surface area contributed by atoms with Crippen LogP contribution in [0.1, 0.15) is 0 Å². The van der Waals surface area contributed by atoms with Crippen LogP contribution in [-0.4, -0.2) is 17.7 Å². The van der Waals surface area contributed by atoms with Gasteiger partial charge in [0.15, 0.2) is 6.17 Å². The molecule has 3 heteroatoms. The van der Waals surface area contributed by atoms with Crippen molar-refractivity contribution in [3.63, 3.8) is 0 Å². The lowest BCUT2D eigenvalue weighted by Crippen LogP contribution is -2.23. The van der Waals surface area contributed by atoms with E-state index in [2.05, 4.69) is 15.1 Å². The summed E-state index contributed by atoms with van der Waals surface area (Å²) < 4.78 is 0. The second-order valence-corrected chi connectivity index (χ2v) is 2.05. The third-order valence-electron chi connectivity index (χ3n) is 1.44. The Morgan fingerprint density at radius 1 is 1.44 bits per heavy atom. The first-order chi connectivity index (χ1) is 4.47. The maximum Gasteiger partial charge on any atom is 0.162 e. The number of azo groups is 1. The molecule has 2 rings (SSSR count). The van der Waals surface area contributed by atoms with Gasteiger partial charge in [-0.05, 0) is 12.2 Å². The predicted octanol–water partition coefficient (Wildman–Crippen LogP) is 1.12. The lowest BCUT2D eigenvalue weighted by molar-refractivity contribution is 0.384. The molecule has 0 aromatic carbocycles. The number of allylic oxidation sites excluding steroid dienone is 2. The highest BCUT2D eigenvalue weighted by atomic mass is 15.4. The highest BCUT2D eigenvalue weighted by molar-refractivity contribution is 5.13. The second kappa shape index (κ2) is 1.69. The van der Waals surface area contributed by atoms with Crippen LogP contribution in [0.4, 0.5) is 0 Å². The van der Waals surface area contributed by atoms with Crippen LogP contribution < -0.4 is 0 Å². The molecule has 2 aliphatic heterocycles. The Hall–Kier alpha value is -1.12. The van der Waals surface area contributed by atoms with Crippen molar-refractivity contribution >= 4 is 0 Å². The van der Waals surface area contributed by atoms with Gasteiger partial charge in [0, 0.05) is 6.20 Å². The summed E-state index contributed by atoms with van der Waals surface area (Å²) >= 11 is 0. The van der Waals surface area contributed by atoms with E-state index in [1.54, 1.807) is 0 Å². The monoisotopic (exact) mass is 121 g/mol. The number of nitrogens with zero attached hydrogens (tertiary/aromatic N) is 3. The van der Waals surface area contributed by atoms with Crippen LogP contribution in [0.2, 0.25) is 0 Å². The van der Waals surface area contributed by atoms with E-state index >= 15 is 0 Å². The van der Waals surface area contributed by atoms with Gasteiger partial charge >= 0.3 is 0 Å². The zero-order valence-corrected chi connectivity index (χ0v) is 4.94. The molecule has 0 saturated carbocycles. The molecule has 0 aromatic rings. The fourth-order valence-corrected chi connectivity index (χ4v) is 0.951. The molecule has 0 saturated heterocycles. The van der Waals surface area contributed by atoms with Crippen LogP contribution in [0.25, 0.3) is 0 Å². The first kappa shape index (κ1) is 4.73. The van der Waals surface area contributed by atoms with Crippen LogP contribution in [-0.2, 0) is 0 Å². The third kappa shape index (κ3) is 0.650. The van der Waals surface area contributed by atoms with Crippen molar-refractivity contribution in [1.82, 2.24) is 4.90 Å². The molecule has 0 aliphatic carbocycles. The van der Waals surface area contributed by atoms with Gasteiger partial charge in [0.1, 0.15) is 6.67 Å². The molecule has 2 aliphatic rings. The van der Waals surface area contributed by atoms with Crippen molar-refractivity contribution in [2.24, 2.45) is 10.2 Å². The molecular formula is C6H7N3. The van der Waals surface area contributed by atoms with Gasteiger partial charge in [0.05, 0.1) is 0 Å². The summed E-state index contributed by atoms with van der Waals surface area (Å²) in [5, 5.41) is 7.85. The lowest BCUT2D eigenvalue weighted by atomic mass is 10.3. The summed E-state index contributed by atoms with van der Waals surface area (Å²) in [6.07, 6.45) is 8.20. The molecule has 46 valence electrons. The van der Waals surface area contributed by atoms with Crippen molar-refractivity contribution in [3.05, 3.63) is 24.4 Å². The Kier molecular flexibility index (Phi) is 0.886. The van der Waals surface area contributed by atoms with Crippen molar-refractivity contribution in [3.8, 4) is 0 Å². The zero-order chi connectivity index (χ0) is 6.10. The molecule has 1 unspecified atom stereocenters. The van der Waals surface area contributed by atoms with E-state index in [0.29, 0.717) is 6.67 Å². The third-order valence-corrected chi connectivity index (χ3v) is 1.44. The van der Waals surface area contributed by atoms with Gasteiger partial charge in [-0.25, -0.2) is 0 Å². The number of hydrogen-bond donors (Lipinski definition) is 0. The number of hydrogen-bond acceptors (Lipinski definition) is 3. The normalized spacial score (nSPS) is 29.3. The van der Waals surface area contributed by atoms with Gasteiger partial charge in [-0.1, -0.05) is 6.08 Å². The van der Waals surface area contributed by atoms with Crippen LogP contribution in [0, 0.1) is 0 Å².